The molecule has 0 saturated carbocycles. The maximum atomic E-state index is 11.4. The van der Waals surface area contributed by atoms with Crippen molar-refractivity contribution in [2.24, 2.45) is 0 Å². The van der Waals surface area contributed by atoms with Gasteiger partial charge in [-0.15, -0.1) is 0 Å². The van der Waals surface area contributed by atoms with Crippen LogP contribution < -0.4 is 0 Å². The van der Waals surface area contributed by atoms with Gasteiger partial charge in [-0.1, -0.05) is 11.6 Å². The Kier molecular flexibility index (Phi) is 3.93. The lowest BCUT2D eigenvalue weighted by Crippen LogP contribution is -2.19. The molecule has 0 amide bonds. The van der Waals surface area contributed by atoms with E-state index in [0.29, 0.717) is 5.57 Å². The molecule has 1 aliphatic rings. The van der Waals surface area contributed by atoms with Crippen LogP contribution in [0.5, 0.6) is 0 Å². The van der Waals surface area contributed by atoms with Gasteiger partial charge in [0.25, 0.3) is 0 Å². The number of hydrogen-bond acceptors (Lipinski definition) is 2. The number of allylic oxidation sites excluding steroid dienone is 2. The minimum atomic E-state index is -0.191. The lowest BCUT2D eigenvalue weighted by atomic mass is 9.99. The summed E-state index contributed by atoms with van der Waals surface area (Å²) in [5.41, 5.74) is 2.01. The van der Waals surface area contributed by atoms with E-state index in [-0.39, 0.29) is 12.1 Å². The minimum Gasteiger partial charge on any atom is -0.455 e. The molecule has 0 aromatic carbocycles. The van der Waals surface area contributed by atoms with Crippen molar-refractivity contribution in [2.75, 3.05) is 0 Å². The van der Waals surface area contributed by atoms with Gasteiger partial charge < -0.3 is 4.74 Å². The molecule has 2 nitrogen and oxygen atoms in total. The number of carbonyl (C=O) groups is 1. The lowest BCUT2D eigenvalue weighted by molar-refractivity contribution is -0.142. The summed E-state index contributed by atoms with van der Waals surface area (Å²) in [7, 11) is 0. The first-order valence-corrected chi connectivity index (χ1v) is 5.14. The second-order valence-electron chi connectivity index (χ2n) is 3.82. The Hall–Kier alpha value is -1.05. The molecule has 0 aromatic rings. The molecule has 14 heavy (non-hydrogen) atoms. The molecule has 0 spiro atoms. The summed E-state index contributed by atoms with van der Waals surface area (Å²) >= 11 is 0. The Labute approximate surface area is 85.6 Å². The second kappa shape index (κ2) is 4.99. The average molecular weight is 194 g/mol. The van der Waals surface area contributed by atoms with E-state index in [1.807, 2.05) is 6.92 Å². The molecule has 0 saturated heterocycles. The van der Waals surface area contributed by atoms with Gasteiger partial charge in [0.2, 0.25) is 0 Å². The largest absolute Gasteiger partial charge is 0.455 e. The molecule has 0 radical (unpaired) electrons. The van der Waals surface area contributed by atoms with E-state index in [4.69, 9.17) is 4.74 Å². The zero-order valence-corrected chi connectivity index (χ0v) is 9.17. The summed E-state index contributed by atoms with van der Waals surface area (Å²) in [6.45, 7) is 5.71. The summed E-state index contributed by atoms with van der Waals surface area (Å²) in [5.74, 6) is -0.191. The molecule has 1 rings (SSSR count). The second-order valence-corrected chi connectivity index (χ2v) is 3.82. The van der Waals surface area contributed by atoms with Crippen LogP contribution in [0, 0.1) is 0 Å². The topological polar surface area (TPSA) is 26.3 Å². The van der Waals surface area contributed by atoms with Crippen LogP contribution in [-0.4, -0.2) is 12.1 Å². The normalized spacial score (nSPS) is 22.9. The third kappa shape index (κ3) is 3.02. The lowest BCUT2D eigenvalue weighted by Gasteiger charge is -2.19. The van der Waals surface area contributed by atoms with E-state index < -0.39 is 0 Å². The van der Waals surface area contributed by atoms with Gasteiger partial charge in [0.1, 0.15) is 6.10 Å². The van der Waals surface area contributed by atoms with Crippen LogP contribution in [-0.2, 0) is 9.53 Å². The standard InChI is InChI=1S/C12H18O2/c1-4-10(3)12(13)14-11-7-5-6-9(2)8-11/h4,8,11H,5-7H2,1-3H3/b10-4+. The van der Waals surface area contributed by atoms with Gasteiger partial charge in [0.05, 0.1) is 0 Å². The van der Waals surface area contributed by atoms with Crippen molar-refractivity contribution < 1.29 is 9.53 Å². The fourth-order valence-corrected chi connectivity index (χ4v) is 1.51. The van der Waals surface area contributed by atoms with Gasteiger partial charge in [-0.05, 0) is 46.1 Å². The number of hydrogen-bond donors (Lipinski definition) is 0. The highest BCUT2D eigenvalue weighted by atomic mass is 16.5. The monoisotopic (exact) mass is 194 g/mol. The van der Waals surface area contributed by atoms with E-state index >= 15 is 0 Å². The van der Waals surface area contributed by atoms with Crippen LogP contribution in [0.25, 0.3) is 0 Å². The third-order valence-electron chi connectivity index (χ3n) is 2.54. The Morgan fingerprint density at radius 1 is 1.64 bits per heavy atom. The molecule has 0 heterocycles. The fraction of sp³-hybridized carbons (Fsp3) is 0.583. The van der Waals surface area contributed by atoms with E-state index in [1.165, 1.54) is 5.57 Å². The van der Waals surface area contributed by atoms with Gasteiger partial charge in [0, 0.05) is 5.57 Å². The van der Waals surface area contributed by atoms with Crippen LogP contribution in [0.4, 0.5) is 0 Å². The zero-order chi connectivity index (χ0) is 10.6. The Morgan fingerprint density at radius 2 is 2.36 bits per heavy atom. The van der Waals surface area contributed by atoms with Crippen molar-refractivity contribution in [3.8, 4) is 0 Å². The predicted molar refractivity (Wildman–Crippen MR) is 56.9 cm³/mol. The molecule has 0 N–H and O–H groups in total. The summed E-state index contributed by atoms with van der Waals surface area (Å²) in [4.78, 5) is 11.4. The van der Waals surface area contributed by atoms with E-state index in [1.54, 1.807) is 13.0 Å². The smallest absolute Gasteiger partial charge is 0.333 e. The Balaban J connectivity index is 2.52. The molecule has 1 aliphatic carbocycles. The van der Waals surface area contributed by atoms with Gasteiger partial charge in [-0.3, -0.25) is 0 Å². The average Bonchev–Trinajstić information content (AvgIpc) is 2.16. The molecular formula is C12H18O2. The molecule has 0 bridgehead atoms. The zero-order valence-electron chi connectivity index (χ0n) is 9.17. The quantitative estimate of drug-likeness (QED) is 0.384. The molecule has 0 aromatic heterocycles. The van der Waals surface area contributed by atoms with E-state index in [2.05, 4.69) is 13.0 Å². The van der Waals surface area contributed by atoms with Gasteiger partial charge in [0.15, 0.2) is 0 Å². The molecule has 78 valence electrons. The van der Waals surface area contributed by atoms with Crippen LogP contribution in [0.2, 0.25) is 0 Å². The maximum absolute atomic E-state index is 11.4. The third-order valence-corrected chi connectivity index (χ3v) is 2.54. The Morgan fingerprint density at radius 3 is 2.93 bits per heavy atom. The van der Waals surface area contributed by atoms with Crippen molar-refractivity contribution in [2.45, 2.75) is 46.1 Å². The summed E-state index contributed by atoms with van der Waals surface area (Å²) < 4.78 is 5.33. The number of esters is 1. The molecular weight excluding hydrogens is 176 g/mol. The van der Waals surface area contributed by atoms with Gasteiger partial charge >= 0.3 is 5.97 Å². The summed E-state index contributed by atoms with van der Waals surface area (Å²) in [5, 5.41) is 0. The number of rotatable bonds is 2. The van der Waals surface area contributed by atoms with Crippen molar-refractivity contribution in [1.29, 1.82) is 0 Å². The SMILES string of the molecule is C/C=C(\C)C(=O)OC1C=C(C)CCC1. The van der Waals surface area contributed by atoms with E-state index in [9.17, 15) is 4.79 Å². The minimum absolute atomic E-state index is 0.00819. The summed E-state index contributed by atoms with van der Waals surface area (Å²) in [6.07, 6.45) is 7.05. The van der Waals surface area contributed by atoms with E-state index in [0.717, 1.165) is 19.3 Å². The van der Waals surface area contributed by atoms with Crippen LogP contribution in [0.1, 0.15) is 40.0 Å². The van der Waals surface area contributed by atoms with Crippen LogP contribution in [0.15, 0.2) is 23.3 Å². The first kappa shape index (κ1) is 11.0. The van der Waals surface area contributed by atoms with Crippen LogP contribution in [0.3, 0.4) is 0 Å². The summed E-state index contributed by atoms with van der Waals surface area (Å²) in [6, 6.07) is 0. The fourth-order valence-electron chi connectivity index (χ4n) is 1.51. The molecule has 0 fully saturated rings. The Bertz CT molecular complexity index is 274. The molecule has 2 heteroatoms. The maximum Gasteiger partial charge on any atom is 0.333 e. The van der Waals surface area contributed by atoms with Gasteiger partial charge in [-0.2, -0.15) is 0 Å². The first-order chi connectivity index (χ1) is 6.63. The molecule has 0 aliphatic heterocycles. The van der Waals surface area contributed by atoms with Crippen LogP contribution >= 0.6 is 0 Å². The van der Waals surface area contributed by atoms with Crippen molar-refractivity contribution >= 4 is 5.97 Å². The highest BCUT2D eigenvalue weighted by Crippen LogP contribution is 2.20. The van der Waals surface area contributed by atoms with Crippen molar-refractivity contribution in [3.63, 3.8) is 0 Å². The first-order valence-electron chi connectivity index (χ1n) is 5.14. The number of ether oxygens (including phenoxy) is 1. The highest BCUT2D eigenvalue weighted by molar-refractivity contribution is 5.87. The predicted octanol–water partition coefficient (Wildman–Crippen LogP) is 2.99. The molecule has 1 atom stereocenters. The highest BCUT2D eigenvalue weighted by Gasteiger charge is 2.16. The van der Waals surface area contributed by atoms with Gasteiger partial charge in [-0.25, -0.2) is 4.79 Å². The molecule has 1 unspecified atom stereocenters. The van der Waals surface area contributed by atoms with Crippen molar-refractivity contribution in [1.82, 2.24) is 0 Å². The van der Waals surface area contributed by atoms with Crippen molar-refractivity contribution in [3.05, 3.63) is 23.3 Å². The number of carbonyl (C=O) groups excluding carboxylic acids is 1.